The fraction of sp³-hybridized carbons (Fsp3) is 0.417. The molecule has 16 heavy (non-hydrogen) atoms. The summed E-state index contributed by atoms with van der Waals surface area (Å²) in [5.74, 6) is 0.359. The zero-order valence-electron chi connectivity index (χ0n) is 9.78. The molecule has 0 radical (unpaired) electrons. The molecule has 0 heterocycles. The quantitative estimate of drug-likeness (QED) is 0.585. The van der Waals surface area contributed by atoms with Crippen molar-refractivity contribution in [3.63, 3.8) is 0 Å². The first kappa shape index (κ1) is 12.9. The molecule has 0 aliphatic rings. The summed E-state index contributed by atoms with van der Waals surface area (Å²) in [7, 11) is 0. The molecule has 1 aromatic carbocycles. The fourth-order valence-corrected chi connectivity index (χ4v) is 1.87. The van der Waals surface area contributed by atoms with Crippen LogP contribution in [0.25, 0.3) is 0 Å². The number of esters is 1. The SMILES string of the molecule is CCOC(=O)COc1ccc(SC)c(C)c1. The summed E-state index contributed by atoms with van der Waals surface area (Å²) in [6.45, 7) is 4.14. The Morgan fingerprint density at radius 1 is 1.44 bits per heavy atom. The van der Waals surface area contributed by atoms with E-state index in [9.17, 15) is 4.79 Å². The Labute approximate surface area is 100 Å². The molecule has 0 aliphatic heterocycles. The van der Waals surface area contributed by atoms with Crippen LogP contribution in [0.15, 0.2) is 23.1 Å². The smallest absolute Gasteiger partial charge is 0.344 e. The molecule has 0 spiro atoms. The molecule has 1 rings (SSSR count). The third kappa shape index (κ3) is 3.77. The van der Waals surface area contributed by atoms with Crippen molar-refractivity contribution in [2.45, 2.75) is 18.7 Å². The highest BCUT2D eigenvalue weighted by atomic mass is 32.2. The van der Waals surface area contributed by atoms with Crippen molar-refractivity contribution in [2.75, 3.05) is 19.5 Å². The van der Waals surface area contributed by atoms with E-state index in [0.717, 1.165) is 5.56 Å². The highest BCUT2D eigenvalue weighted by Gasteiger charge is 2.04. The van der Waals surface area contributed by atoms with Crippen LogP contribution in [0.5, 0.6) is 5.75 Å². The maximum Gasteiger partial charge on any atom is 0.344 e. The summed E-state index contributed by atoms with van der Waals surface area (Å²) in [6, 6.07) is 5.77. The molecule has 88 valence electrons. The zero-order valence-corrected chi connectivity index (χ0v) is 10.6. The van der Waals surface area contributed by atoms with Crippen LogP contribution in [0.2, 0.25) is 0 Å². The van der Waals surface area contributed by atoms with Gasteiger partial charge in [0.15, 0.2) is 6.61 Å². The molecular formula is C12H16O3S. The Morgan fingerprint density at radius 3 is 2.75 bits per heavy atom. The van der Waals surface area contributed by atoms with Crippen LogP contribution in [0.3, 0.4) is 0 Å². The second kappa shape index (κ2) is 6.43. The van der Waals surface area contributed by atoms with Crippen molar-refractivity contribution in [3.05, 3.63) is 23.8 Å². The maximum atomic E-state index is 11.1. The second-order valence-electron chi connectivity index (χ2n) is 3.23. The highest BCUT2D eigenvalue weighted by Crippen LogP contribution is 2.24. The summed E-state index contributed by atoms with van der Waals surface area (Å²) in [5, 5.41) is 0. The van der Waals surface area contributed by atoms with Crippen molar-refractivity contribution in [1.82, 2.24) is 0 Å². The van der Waals surface area contributed by atoms with E-state index in [4.69, 9.17) is 9.47 Å². The Bertz CT molecular complexity index is 363. The van der Waals surface area contributed by atoms with E-state index in [2.05, 4.69) is 0 Å². The molecule has 0 N–H and O–H groups in total. The molecule has 0 bridgehead atoms. The van der Waals surface area contributed by atoms with E-state index >= 15 is 0 Å². The van der Waals surface area contributed by atoms with Crippen molar-refractivity contribution < 1.29 is 14.3 Å². The van der Waals surface area contributed by atoms with E-state index < -0.39 is 0 Å². The third-order valence-electron chi connectivity index (χ3n) is 2.03. The normalized spacial score (nSPS) is 9.94. The Balaban J connectivity index is 2.55. The van der Waals surface area contributed by atoms with E-state index in [-0.39, 0.29) is 12.6 Å². The number of aryl methyl sites for hydroxylation is 1. The molecule has 0 amide bonds. The largest absolute Gasteiger partial charge is 0.482 e. The van der Waals surface area contributed by atoms with Crippen molar-refractivity contribution in [3.8, 4) is 5.75 Å². The van der Waals surface area contributed by atoms with Crippen molar-refractivity contribution >= 4 is 17.7 Å². The standard InChI is InChI=1S/C12H16O3S/c1-4-14-12(13)8-15-10-5-6-11(16-3)9(2)7-10/h5-7H,4,8H2,1-3H3. The number of hydrogen-bond donors (Lipinski definition) is 0. The minimum Gasteiger partial charge on any atom is -0.482 e. The lowest BCUT2D eigenvalue weighted by atomic mass is 10.2. The Morgan fingerprint density at radius 2 is 2.19 bits per heavy atom. The van der Waals surface area contributed by atoms with Crippen LogP contribution < -0.4 is 4.74 Å². The predicted molar refractivity (Wildman–Crippen MR) is 65.1 cm³/mol. The van der Waals surface area contributed by atoms with Crippen LogP contribution in [-0.2, 0) is 9.53 Å². The molecule has 0 aliphatic carbocycles. The summed E-state index contributed by atoms with van der Waals surface area (Å²) in [5.41, 5.74) is 1.15. The number of ether oxygens (including phenoxy) is 2. The summed E-state index contributed by atoms with van der Waals surface area (Å²) in [4.78, 5) is 12.3. The average molecular weight is 240 g/mol. The van der Waals surface area contributed by atoms with E-state index in [1.165, 1.54) is 4.90 Å². The highest BCUT2D eigenvalue weighted by molar-refractivity contribution is 7.98. The molecular weight excluding hydrogens is 224 g/mol. The van der Waals surface area contributed by atoms with Crippen molar-refractivity contribution in [1.29, 1.82) is 0 Å². The summed E-state index contributed by atoms with van der Waals surface area (Å²) in [6.07, 6.45) is 2.03. The monoisotopic (exact) mass is 240 g/mol. The van der Waals surface area contributed by atoms with Gasteiger partial charge in [-0.3, -0.25) is 0 Å². The number of benzene rings is 1. The minimum absolute atomic E-state index is 0.0358. The van der Waals surface area contributed by atoms with Gasteiger partial charge in [0.2, 0.25) is 0 Å². The van der Waals surface area contributed by atoms with Crippen LogP contribution in [0.4, 0.5) is 0 Å². The van der Waals surface area contributed by atoms with Gasteiger partial charge in [-0.1, -0.05) is 0 Å². The van der Waals surface area contributed by atoms with E-state index in [1.54, 1.807) is 18.7 Å². The number of hydrogen-bond acceptors (Lipinski definition) is 4. The molecule has 4 heteroatoms. The number of rotatable bonds is 5. The van der Waals surface area contributed by atoms with Crippen LogP contribution in [0.1, 0.15) is 12.5 Å². The predicted octanol–water partition coefficient (Wildman–Crippen LogP) is 2.66. The topological polar surface area (TPSA) is 35.5 Å². The number of thioether (sulfide) groups is 1. The lowest BCUT2D eigenvalue weighted by molar-refractivity contribution is -0.145. The molecule has 0 saturated heterocycles. The van der Waals surface area contributed by atoms with Gasteiger partial charge in [0, 0.05) is 4.90 Å². The van der Waals surface area contributed by atoms with Gasteiger partial charge in [-0.25, -0.2) is 4.79 Å². The fourth-order valence-electron chi connectivity index (χ4n) is 1.29. The molecule has 0 fully saturated rings. The first-order chi connectivity index (χ1) is 7.67. The van der Waals surface area contributed by atoms with Crippen LogP contribution in [0, 0.1) is 6.92 Å². The second-order valence-corrected chi connectivity index (χ2v) is 4.07. The lowest BCUT2D eigenvalue weighted by Gasteiger charge is -2.08. The first-order valence-corrected chi connectivity index (χ1v) is 6.33. The van der Waals surface area contributed by atoms with Gasteiger partial charge in [0.25, 0.3) is 0 Å². The van der Waals surface area contributed by atoms with Gasteiger partial charge in [0.1, 0.15) is 5.75 Å². The van der Waals surface area contributed by atoms with E-state index in [0.29, 0.717) is 12.4 Å². The first-order valence-electron chi connectivity index (χ1n) is 5.10. The zero-order chi connectivity index (χ0) is 12.0. The van der Waals surface area contributed by atoms with Gasteiger partial charge in [-0.15, -0.1) is 11.8 Å². The molecule has 0 aromatic heterocycles. The molecule has 0 atom stereocenters. The molecule has 0 unspecified atom stereocenters. The van der Waals surface area contributed by atoms with Crippen molar-refractivity contribution in [2.24, 2.45) is 0 Å². The number of carbonyl (C=O) groups excluding carboxylic acids is 1. The van der Waals surface area contributed by atoms with Gasteiger partial charge >= 0.3 is 5.97 Å². The molecule has 0 saturated carbocycles. The summed E-state index contributed by atoms with van der Waals surface area (Å²) >= 11 is 1.69. The molecule has 3 nitrogen and oxygen atoms in total. The van der Waals surface area contributed by atoms with Gasteiger partial charge < -0.3 is 9.47 Å². The lowest BCUT2D eigenvalue weighted by Crippen LogP contribution is -2.14. The van der Waals surface area contributed by atoms with Crippen LogP contribution in [-0.4, -0.2) is 25.4 Å². The van der Waals surface area contributed by atoms with E-state index in [1.807, 2.05) is 31.4 Å². The average Bonchev–Trinajstić information content (AvgIpc) is 2.27. The maximum absolute atomic E-state index is 11.1. The minimum atomic E-state index is -0.339. The van der Waals surface area contributed by atoms with Gasteiger partial charge in [0.05, 0.1) is 6.61 Å². The Hall–Kier alpha value is -1.16. The van der Waals surface area contributed by atoms with Crippen LogP contribution >= 0.6 is 11.8 Å². The summed E-state index contributed by atoms with van der Waals surface area (Å²) < 4.78 is 10.1. The number of carbonyl (C=O) groups is 1. The third-order valence-corrected chi connectivity index (χ3v) is 2.93. The van der Waals surface area contributed by atoms with Gasteiger partial charge in [-0.2, -0.15) is 0 Å². The Kier molecular flexibility index (Phi) is 5.19. The molecule has 1 aromatic rings. The van der Waals surface area contributed by atoms with Gasteiger partial charge in [-0.05, 0) is 43.9 Å².